The summed E-state index contributed by atoms with van der Waals surface area (Å²) in [5, 5.41) is 1.72. The molecule has 0 heterocycles. The first-order valence-corrected chi connectivity index (χ1v) is 4.30. The molecule has 0 saturated carbocycles. The molecule has 0 fully saturated rings. The number of amides is 1. The van der Waals surface area contributed by atoms with E-state index in [0.29, 0.717) is 0 Å². The third-order valence-corrected chi connectivity index (χ3v) is 1.80. The predicted octanol–water partition coefficient (Wildman–Crippen LogP) is 1.33. The van der Waals surface area contributed by atoms with E-state index in [1.54, 1.807) is 0 Å². The van der Waals surface area contributed by atoms with Crippen molar-refractivity contribution in [3.63, 3.8) is 0 Å². The van der Waals surface area contributed by atoms with E-state index in [2.05, 4.69) is 17.0 Å². The fraction of sp³-hybridized carbons (Fsp3) is 0.500. The Labute approximate surface area is 89.3 Å². The van der Waals surface area contributed by atoms with Crippen molar-refractivity contribution >= 4 is 58.2 Å². The number of hydrogen-bond acceptors (Lipinski definition) is 3. The van der Waals surface area contributed by atoms with Crippen molar-refractivity contribution in [1.29, 1.82) is 0 Å². The lowest BCUT2D eigenvalue weighted by molar-refractivity contribution is 0.130. The molecule has 0 aromatic heterocycles. The van der Waals surface area contributed by atoms with E-state index >= 15 is 0 Å². The molecular weight excluding hydrogens is 246 g/mol. The predicted molar refractivity (Wildman–Crippen MR) is 51.6 cm³/mol. The van der Waals surface area contributed by atoms with Crippen LogP contribution in [-0.4, -0.2) is 21.6 Å². The Morgan fingerprint density at radius 3 is 2.50 bits per heavy atom. The highest BCUT2D eigenvalue weighted by atomic mass is 35.5. The Morgan fingerprint density at radius 1 is 1.67 bits per heavy atom. The molecule has 0 aliphatic rings. The fourth-order valence-electron chi connectivity index (χ4n) is 0.289. The number of halogens is 3. The van der Waals surface area contributed by atoms with Gasteiger partial charge in [-0.15, -0.1) is 11.6 Å². The molecule has 0 unspecified atom stereocenters. The van der Waals surface area contributed by atoms with Gasteiger partial charge in [0.15, 0.2) is 5.11 Å². The topological polar surface area (TPSA) is 64.3 Å². The third-order valence-electron chi connectivity index (χ3n) is 0.623. The zero-order valence-electron chi connectivity index (χ0n) is 5.64. The third kappa shape index (κ3) is 5.65. The molecule has 0 saturated heterocycles. The zero-order valence-corrected chi connectivity index (χ0v) is 8.73. The van der Waals surface area contributed by atoms with Gasteiger partial charge < -0.3 is 10.5 Å². The fourth-order valence-corrected chi connectivity index (χ4v) is 0.567. The van der Waals surface area contributed by atoms with E-state index < -0.39 is 10.6 Å². The minimum Gasteiger partial charge on any atom is -0.411 e. The molecule has 8 heteroatoms. The van der Waals surface area contributed by atoms with Crippen LogP contribution in [-0.2, 0) is 4.74 Å². The highest BCUT2D eigenvalue weighted by Gasteiger charge is 2.27. The van der Waals surface area contributed by atoms with Crippen LogP contribution in [0.2, 0.25) is 0 Å². The van der Waals surface area contributed by atoms with Gasteiger partial charge in [-0.25, -0.2) is 4.79 Å². The Hall–Kier alpha value is 0.0300. The minimum atomic E-state index is -1.77. The van der Waals surface area contributed by atoms with Crippen LogP contribution in [0.3, 0.4) is 0 Å². The van der Waals surface area contributed by atoms with Gasteiger partial charge in [-0.05, 0) is 12.2 Å². The van der Waals surface area contributed by atoms with Gasteiger partial charge >= 0.3 is 6.09 Å². The van der Waals surface area contributed by atoms with Gasteiger partial charge in [-0.1, -0.05) is 23.2 Å². The summed E-state index contributed by atoms with van der Waals surface area (Å²) in [6, 6.07) is 0. The first-order chi connectivity index (χ1) is 5.37. The van der Waals surface area contributed by atoms with Gasteiger partial charge in [0.25, 0.3) is 4.52 Å². The van der Waals surface area contributed by atoms with Gasteiger partial charge in [0.05, 0.1) is 5.88 Å². The molecule has 0 spiro atoms. The Balaban J connectivity index is 3.92. The summed E-state index contributed by atoms with van der Waals surface area (Å²) in [6.45, 7) is 0. The second kappa shape index (κ2) is 4.91. The Bertz CT molecular complexity index is 199. The molecule has 0 aromatic rings. The van der Waals surface area contributed by atoms with Crippen molar-refractivity contribution in [2.24, 2.45) is 5.73 Å². The smallest absolute Gasteiger partial charge is 0.411 e. The number of thiocarbonyl (C=S) groups is 1. The van der Waals surface area contributed by atoms with Crippen molar-refractivity contribution in [1.82, 2.24) is 5.32 Å². The van der Waals surface area contributed by atoms with Crippen LogP contribution in [0.5, 0.6) is 0 Å². The summed E-state index contributed by atoms with van der Waals surface area (Å²) in [4.78, 5) is 10.7. The molecule has 0 aromatic carbocycles. The number of carbonyl (C=O) groups is 1. The Kier molecular flexibility index (Phi) is 4.92. The van der Waals surface area contributed by atoms with Crippen LogP contribution in [0.1, 0.15) is 0 Å². The zero-order chi connectivity index (χ0) is 9.78. The van der Waals surface area contributed by atoms with Gasteiger partial charge in [0.2, 0.25) is 0 Å². The van der Waals surface area contributed by atoms with E-state index in [1.807, 2.05) is 5.32 Å². The lowest BCUT2D eigenvalue weighted by Crippen LogP contribution is -2.39. The van der Waals surface area contributed by atoms with E-state index in [0.717, 1.165) is 0 Å². The maximum atomic E-state index is 10.7. The SMILES string of the molecule is NC(=S)NC(=O)OC(Cl)(Cl)CCl. The molecule has 1 amide bonds. The first kappa shape index (κ1) is 12.0. The number of carbonyl (C=O) groups excluding carboxylic acids is 1. The summed E-state index contributed by atoms with van der Waals surface area (Å²) in [5.74, 6) is -0.263. The number of alkyl carbamates (subject to hydrolysis) is 1. The largest absolute Gasteiger partial charge is 0.416 e. The lowest BCUT2D eigenvalue weighted by Gasteiger charge is -2.16. The number of nitrogens with two attached hydrogens (primary N) is 1. The van der Waals surface area contributed by atoms with Gasteiger partial charge in [-0.3, -0.25) is 5.32 Å². The number of alkyl halides is 3. The molecule has 3 N–H and O–H groups in total. The average Bonchev–Trinajstić information content (AvgIpc) is 1.84. The summed E-state index contributed by atoms with van der Waals surface area (Å²) in [7, 11) is 0. The lowest BCUT2D eigenvalue weighted by atomic mass is 10.8. The number of nitrogens with one attached hydrogen (secondary N) is 1. The van der Waals surface area contributed by atoms with Crippen molar-refractivity contribution < 1.29 is 9.53 Å². The van der Waals surface area contributed by atoms with Crippen molar-refractivity contribution in [2.45, 2.75) is 4.52 Å². The van der Waals surface area contributed by atoms with Crippen molar-refractivity contribution in [3.8, 4) is 0 Å². The van der Waals surface area contributed by atoms with E-state index in [-0.39, 0.29) is 11.0 Å². The van der Waals surface area contributed by atoms with E-state index in [1.165, 1.54) is 0 Å². The van der Waals surface area contributed by atoms with Crippen LogP contribution >= 0.6 is 47.0 Å². The van der Waals surface area contributed by atoms with E-state index in [4.69, 9.17) is 40.5 Å². The summed E-state index contributed by atoms with van der Waals surface area (Å²) in [5.41, 5.74) is 4.95. The molecule has 0 radical (unpaired) electrons. The second-order valence-corrected chi connectivity index (χ2v) is 3.77. The molecule has 0 aliphatic carbocycles. The highest BCUT2D eigenvalue weighted by molar-refractivity contribution is 7.80. The van der Waals surface area contributed by atoms with Crippen molar-refractivity contribution in [3.05, 3.63) is 0 Å². The minimum absolute atomic E-state index is 0.237. The molecule has 70 valence electrons. The second-order valence-electron chi connectivity index (χ2n) is 1.65. The molecule has 0 rings (SSSR count). The van der Waals surface area contributed by atoms with Gasteiger partial charge in [0.1, 0.15) is 0 Å². The molecular formula is C4H5Cl3N2O2S. The van der Waals surface area contributed by atoms with Gasteiger partial charge in [0, 0.05) is 0 Å². The van der Waals surface area contributed by atoms with Crippen LogP contribution in [0, 0.1) is 0 Å². The number of ether oxygens (including phenoxy) is 1. The van der Waals surface area contributed by atoms with Crippen LogP contribution in [0.25, 0.3) is 0 Å². The molecule has 0 aliphatic heterocycles. The Morgan fingerprint density at radius 2 is 2.17 bits per heavy atom. The maximum Gasteiger partial charge on any atom is 0.416 e. The monoisotopic (exact) mass is 250 g/mol. The standard InChI is InChI=1S/C4H5Cl3N2O2S/c5-1-4(6,7)11-3(10)9-2(8)12/h1H2,(H3,8,9,10,12). The number of rotatable bonds is 2. The summed E-state index contributed by atoms with van der Waals surface area (Å²) >= 11 is 20.3. The quantitative estimate of drug-likeness (QED) is 0.574. The average molecular weight is 252 g/mol. The molecule has 0 bridgehead atoms. The molecule has 12 heavy (non-hydrogen) atoms. The summed E-state index contributed by atoms with van der Waals surface area (Å²) in [6.07, 6.45) is -0.951. The highest BCUT2D eigenvalue weighted by Crippen LogP contribution is 2.23. The maximum absolute atomic E-state index is 10.7. The van der Waals surface area contributed by atoms with E-state index in [9.17, 15) is 4.79 Å². The van der Waals surface area contributed by atoms with Crippen LogP contribution in [0.4, 0.5) is 4.79 Å². The van der Waals surface area contributed by atoms with Crippen LogP contribution < -0.4 is 11.1 Å². The van der Waals surface area contributed by atoms with Crippen LogP contribution in [0.15, 0.2) is 0 Å². The molecule has 0 atom stereocenters. The number of hydrogen-bond donors (Lipinski definition) is 2. The molecule has 4 nitrogen and oxygen atoms in total. The normalized spacial score (nSPS) is 10.6. The first-order valence-electron chi connectivity index (χ1n) is 2.60. The van der Waals surface area contributed by atoms with Gasteiger partial charge in [-0.2, -0.15) is 0 Å². The summed E-state index contributed by atoms with van der Waals surface area (Å²) < 4.78 is 2.61. The van der Waals surface area contributed by atoms with Crippen molar-refractivity contribution in [2.75, 3.05) is 5.88 Å².